The van der Waals surface area contributed by atoms with Gasteiger partial charge in [0.05, 0.1) is 34.4 Å². The third kappa shape index (κ3) is 7.02. The van der Waals surface area contributed by atoms with Crippen LogP contribution < -0.4 is 21.1 Å². The number of imidazole rings is 1. The molecule has 4 aromatic rings. The molecule has 4 rings (SSSR count). The summed E-state index contributed by atoms with van der Waals surface area (Å²) in [4.78, 5) is 29.6. The molecule has 39 heavy (non-hydrogen) atoms. The van der Waals surface area contributed by atoms with Gasteiger partial charge in [0.2, 0.25) is 5.91 Å². The molecule has 0 aliphatic heterocycles. The second-order valence-electron chi connectivity index (χ2n) is 9.28. The highest BCUT2D eigenvalue weighted by molar-refractivity contribution is 9.10. The molecule has 0 saturated carbocycles. The van der Waals surface area contributed by atoms with E-state index in [0.717, 1.165) is 26.9 Å². The van der Waals surface area contributed by atoms with Crippen molar-refractivity contribution >= 4 is 33.4 Å². The molecule has 0 aliphatic carbocycles. The summed E-state index contributed by atoms with van der Waals surface area (Å²) in [5, 5.41) is 15.2. The van der Waals surface area contributed by atoms with Gasteiger partial charge < -0.3 is 25.5 Å². The number of pyridine rings is 1. The molecule has 2 aromatic heterocycles. The molecule has 0 radical (unpaired) electrons. The van der Waals surface area contributed by atoms with Gasteiger partial charge >= 0.3 is 0 Å². The van der Waals surface area contributed by atoms with Gasteiger partial charge in [0.1, 0.15) is 11.8 Å². The first-order valence-corrected chi connectivity index (χ1v) is 13.3. The lowest BCUT2D eigenvalue weighted by Gasteiger charge is -2.20. The Bertz CT molecular complexity index is 1520. The molecule has 0 saturated heterocycles. The zero-order valence-electron chi connectivity index (χ0n) is 21.6. The summed E-state index contributed by atoms with van der Waals surface area (Å²) in [5.41, 5.74) is 9.64. The van der Waals surface area contributed by atoms with E-state index in [-0.39, 0.29) is 36.6 Å². The number of benzene rings is 2. The fraction of sp³-hybridized carbons (Fsp3) is 0.241. The molecule has 2 amide bonds. The van der Waals surface area contributed by atoms with Crippen LogP contribution in [0, 0.1) is 11.3 Å². The lowest BCUT2D eigenvalue weighted by molar-refractivity contribution is -0.119. The van der Waals surface area contributed by atoms with Crippen molar-refractivity contribution < 1.29 is 14.3 Å². The van der Waals surface area contributed by atoms with E-state index in [0.29, 0.717) is 17.7 Å². The summed E-state index contributed by atoms with van der Waals surface area (Å²) in [6.45, 7) is 3.78. The summed E-state index contributed by atoms with van der Waals surface area (Å²) in [5.74, 6) is -0.250. The second-order valence-corrected chi connectivity index (χ2v) is 10.1. The monoisotopic (exact) mass is 588 g/mol. The average molecular weight is 589 g/mol. The minimum atomic E-state index is -0.415. The molecular formula is C29H29BrN6O3. The number of aromatic nitrogens is 2. The molecule has 10 heteroatoms. The number of hydrogen-bond donors (Lipinski definition) is 3. The van der Waals surface area contributed by atoms with Crippen molar-refractivity contribution in [3.8, 4) is 23.1 Å². The Hall–Kier alpha value is -4.20. The zero-order chi connectivity index (χ0) is 27.9. The lowest BCUT2D eigenvalue weighted by atomic mass is 10.0. The Kier molecular flexibility index (Phi) is 8.96. The number of carbonyl (C=O) groups is 2. The minimum Gasteiger partial charge on any atom is -0.490 e. The molecule has 0 spiro atoms. The standard InChI is InChI=1S/C29H29BrN6O3/c1-18(2)39-26-10-9-21(13-22(26)14-31)29(38)34-23(16-33-27(37)15-32)12-19-5-7-20(8-6-19)25-17-36-11-3-4-24(30)28(36)35-25/h3-11,13,17-18,23H,12,15-16,32H2,1-2H3,(H,33,37)(H,34,38). The summed E-state index contributed by atoms with van der Waals surface area (Å²) in [7, 11) is 0. The first-order chi connectivity index (χ1) is 18.8. The molecule has 0 fully saturated rings. The third-order valence-electron chi connectivity index (χ3n) is 5.96. The van der Waals surface area contributed by atoms with Crippen LogP contribution in [0.15, 0.2) is 71.5 Å². The number of fused-ring (bicyclic) bond motifs is 1. The van der Waals surface area contributed by atoms with Crippen molar-refractivity contribution in [3.63, 3.8) is 0 Å². The largest absolute Gasteiger partial charge is 0.490 e. The fourth-order valence-electron chi connectivity index (χ4n) is 4.08. The van der Waals surface area contributed by atoms with E-state index in [2.05, 4.69) is 32.6 Å². The molecule has 2 aromatic carbocycles. The predicted octanol–water partition coefficient (Wildman–Crippen LogP) is 3.84. The lowest BCUT2D eigenvalue weighted by Crippen LogP contribution is -2.46. The van der Waals surface area contributed by atoms with Crippen molar-refractivity contribution in [1.82, 2.24) is 20.0 Å². The molecule has 9 nitrogen and oxygen atoms in total. The number of halogens is 1. The van der Waals surface area contributed by atoms with Gasteiger partial charge in [0, 0.05) is 30.1 Å². The van der Waals surface area contributed by atoms with Gasteiger partial charge in [0.25, 0.3) is 5.91 Å². The first kappa shape index (κ1) is 27.8. The Labute approximate surface area is 235 Å². The molecule has 2 heterocycles. The van der Waals surface area contributed by atoms with Crippen LogP contribution in [-0.2, 0) is 11.2 Å². The summed E-state index contributed by atoms with van der Waals surface area (Å²) >= 11 is 3.53. The highest BCUT2D eigenvalue weighted by atomic mass is 79.9. The van der Waals surface area contributed by atoms with Crippen molar-refractivity contribution in [3.05, 3.63) is 88.2 Å². The minimum absolute atomic E-state index is 0.103. The van der Waals surface area contributed by atoms with E-state index in [9.17, 15) is 14.9 Å². The highest BCUT2D eigenvalue weighted by Crippen LogP contribution is 2.24. The normalized spacial score (nSPS) is 11.7. The highest BCUT2D eigenvalue weighted by Gasteiger charge is 2.18. The molecule has 1 atom stereocenters. The molecule has 0 aliphatic rings. The van der Waals surface area contributed by atoms with E-state index in [1.165, 1.54) is 6.07 Å². The smallest absolute Gasteiger partial charge is 0.251 e. The molecule has 200 valence electrons. The van der Waals surface area contributed by atoms with E-state index in [1.54, 1.807) is 12.1 Å². The van der Waals surface area contributed by atoms with Crippen molar-refractivity contribution in [1.29, 1.82) is 5.26 Å². The van der Waals surface area contributed by atoms with Crippen LogP contribution in [0.1, 0.15) is 35.3 Å². The second kappa shape index (κ2) is 12.6. The maximum absolute atomic E-state index is 13.1. The van der Waals surface area contributed by atoms with Gasteiger partial charge in [-0.2, -0.15) is 5.26 Å². The van der Waals surface area contributed by atoms with Crippen molar-refractivity contribution in [2.45, 2.75) is 32.4 Å². The summed E-state index contributed by atoms with van der Waals surface area (Å²) in [6.07, 6.45) is 4.27. The van der Waals surface area contributed by atoms with Gasteiger partial charge in [-0.1, -0.05) is 24.3 Å². The van der Waals surface area contributed by atoms with Gasteiger partial charge in [0.15, 0.2) is 5.65 Å². The van der Waals surface area contributed by atoms with Crippen LogP contribution in [0.25, 0.3) is 16.9 Å². The molecule has 0 bridgehead atoms. The summed E-state index contributed by atoms with van der Waals surface area (Å²) in [6, 6.07) is 18.2. The number of carbonyl (C=O) groups excluding carboxylic acids is 2. The van der Waals surface area contributed by atoms with E-state index in [4.69, 9.17) is 15.5 Å². The number of rotatable bonds is 10. The van der Waals surface area contributed by atoms with Gasteiger partial charge in [-0.3, -0.25) is 9.59 Å². The Morgan fingerprint density at radius 3 is 2.62 bits per heavy atom. The SMILES string of the molecule is CC(C)Oc1ccc(C(=O)NC(CNC(=O)CN)Cc2ccc(-c3cn4cccc(Br)c4n3)cc2)cc1C#N. The van der Waals surface area contributed by atoms with E-state index in [1.807, 2.05) is 67.0 Å². The van der Waals surface area contributed by atoms with E-state index < -0.39 is 6.04 Å². The van der Waals surface area contributed by atoms with Crippen LogP contribution in [0.5, 0.6) is 5.75 Å². The van der Waals surface area contributed by atoms with Crippen LogP contribution >= 0.6 is 15.9 Å². The summed E-state index contributed by atoms with van der Waals surface area (Å²) < 4.78 is 8.52. The Morgan fingerprint density at radius 1 is 1.18 bits per heavy atom. The van der Waals surface area contributed by atoms with Crippen LogP contribution in [0.2, 0.25) is 0 Å². The van der Waals surface area contributed by atoms with Gasteiger partial charge in [-0.05, 0) is 72.1 Å². The fourth-order valence-corrected chi connectivity index (χ4v) is 4.53. The van der Waals surface area contributed by atoms with Crippen molar-refractivity contribution in [2.75, 3.05) is 13.1 Å². The van der Waals surface area contributed by atoms with Crippen LogP contribution in [-0.4, -0.2) is 46.4 Å². The number of amides is 2. The molecule has 4 N–H and O–H groups in total. The van der Waals surface area contributed by atoms with Gasteiger partial charge in [-0.15, -0.1) is 0 Å². The topological polar surface area (TPSA) is 135 Å². The Balaban J connectivity index is 1.50. The number of nitrogens with zero attached hydrogens (tertiary/aromatic N) is 3. The van der Waals surface area contributed by atoms with Crippen LogP contribution in [0.3, 0.4) is 0 Å². The van der Waals surface area contributed by atoms with Crippen LogP contribution in [0.4, 0.5) is 0 Å². The third-order valence-corrected chi connectivity index (χ3v) is 6.58. The first-order valence-electron chi connectivity index (χ1n) is 12.5. The number of nitrogens with one attached hydrogen (secondary N) is 2. The van der Waals surface area contributed by atoms with Crippen molar-refractivity contribution in [2.24, 2.45) is 5.73 Å². The Morgan fingerprint density at radius 2 is 1.95 bits per heavy atom. The number of hydrogen-bond acceptors (Lipinski definition) is 6. The molecular weight excluding hydrogens is 560 g/mol. The zero-order valence-corrected chi connectivity index (χ0v) is 23.2. The average Bonchev–Trinajstić information content (AvgIpc) is 3.37. The molecule has 1 unspecified atom stereocenters. The quantitative estimate of drug-likeness (QED) is 0.257. The number of ether oxygens (including phenoxy) is 1. The maximum atomic E-state index is 13.1. The number of nitriles is 1. The predicted molar refractivity (Wildman–Crippen MR) is 152 cm³/mol. The maximum Gasteiger partial charge on any atom is 0.251 e. The number of nitrogens with two attached hydrogens (primary N) is 1. The van der Waals surface area contributed by atoms with Gasteiger partial charge in [-0.25, -0.2) is 4.98 Å². The van der Waals surface area contributed by atoms with E-state index >= 15 is 0 Å².